The molecule has 5 nitrogen and oxygen atoms in total. The van der Waals surface area contributed by atoms with Crippen LogP contribution in [0.1, 0.15) is 26.7 Å². The van der Waals surface area contributed by atoms with Crippen molar-refractivity contribution in [1.29, 1.82) is 0 Å². The Hall–Kier alpha value is -1.88. The highest BCUT2D eigenvalue weighted by atomic mass is 35.5. The Kier molecular flexibility index (Phi) is 4.32. The van der Waals surface area contributed by atoms with Gasteiger partial charge in [0.25, 0.3) is 0 Å². The van der Waals surface area contributed by atoms with Crippen molar-refractivity contribution >= 4 is 17.5 Å². The SMILES string of the molecule is CN(Cc1nc(-c2ccc(Cl)cc2)no1)C(=O)C(C)(C)C. The summed E-state index contributed by atoms with van der Waals surface area (Å²) < 4.78 is 5.19. The zero-order valence-electron chi connectivity index (χ0n) is 12.6. The molecule has 6 heteroatoms. The van der Waals surface area contributed by atoms with Crippen LogP contribution in [0.5, 0.6) is 0 Å². The van der Waals surface area contributed by atoms with Crippen molar-refractivity contribution in [2.24, 2.45) is 5.41 Å². The molecular weight excluding hydrogens is 290 g/mol. The zero-order valence-corrected chi connectivity index (χ0v) is 13.3. The van der Waals surface area contributed by atoms with E-state index in [4.69, 9.17) is 16.1 Å². The summed E-state index contributed by atoms with van der Waals surface area (Å²) in [6, 6.07) is 7.17. The van der Waals surface area contributed by atoms with Crippen molar-refractivity contribution in [3.05, 3.63) is 35.2 Å². The molecule has 0 N–H and O–H groups in total. The molecule has 1 aromatic carbocycles. The summed E-state index contributed by atoms with van der Waals surface area (Å²) >= 11 is 5.84. The van der Waals surface area contributed by atoms with Gasteiger partial charge in [0.1, 0.15) is 0 Å². The fraction of sp³-hybridized carbons (Fsp3) is 0.400. The number of halogens is 1. The second kappa shape index (κ2) is 5.85. The summed E-state index contributed by atoms with van der Waals surface area (Å²) in [5.74, 6) is 0.909. The van der Waals surface area contributed by atoms with E-state index in [-0.39, 0.29) is 12.5 Å². The van der Waals surface area contributed by atoms with Crippen LogP contribution in [-0.4, -0.2) is 28.0 Å². The van der Waals surface area contributed by atoms with Gasteiger partial charge in [-0.25, -0.2) is 0 Å². The number of aromatic nitrogens is 2. The second-order valence-electron chi connectivity index (χ2n) is 5.93. The van der Waals surface area contributed by atoms with Crippen molar-refractivity contribution < 1.29 is 9.32 Å². The minimum Gasteiger partial charge on any atom is -0.337 e. The first kappa shape index (κ1) is 15.5. The van der Waals surface area contributed by atoms with Crippen LogP contribution in [0.2, 0.25) is 5.02 Å². The average Bonchev–Trinajstić information content (AvgIpc) is 2.86. The van der Waals surface area contributed by atoms with Crippen LogP contribution in [0.4, 0.5) is 0 Å². The van der Waals surface area contributed by atoms with Gasteiger partial charge in [-0.2, -0.15) is 4.98 Å². The van der Waals surface area contributed by atoms with Crippen LogP contribution in [0.15, 0.2) is 28.8 Å². The maximum Gasteiger partial charge on any atom is 0.246 e. The highest BCUT2D eigenvalue weighted by molar-refractivity contribution is 6.30. The van der Waals surface area contributed by atoms with E-state index in [1.54, 1.807) is 24.1 Å². The molecule has 0 spiro atoms. The molecule has 21 heavy (non-hydrogen) atoms. The van der Waals surface area contributed by atoms with E-state index in [1.165, 1.54) is 0 Å². The summed E-state index contributed by atoms with van der Waals surface area (Å²) in [6.45, 7) is 5.91. The molecule has 1 heterocycles. The molecule has 0 saturated carbocycles. The largest absolute Gasteiger partial charge is 0.337 e. The van der Waals surface area contributed by atoms with Gasteiger partial charge in [-0.15, -0.1) is 0 Å². The van der Waals surface area contributed by atoms with Crippen molar-refractivity contribution in [2.75, 3.05) is 7.05 Å². The molecule has 1 aromatic heterocycles. The third-order valence-corrected chi connectivity index (χ3v) is 3.18. The number of rotatable bonds is 3. The zero-order chi connectivity index (χ0) is 15.6. The van der Waals surface area contributed by atoms with E-state index in [2.05, 4.69) is 10.1 Å². The molecule has 0 saturated heterocycles. The first-order valence-corrected chi connectivity index (χ1v) is 6.99. The smallest absolute Gasteiger partial charge is 0.246 e. The molecule has 1 amide bonds. The maximum absolute atomic E-state index is 12.1. The Bertz CT molecular complexity index is 629. The van der Waals surface area contributed by atoms with Gasteiger partial charge in [-0.05, 0) is 24.3 Å². The topological polar surface area (TPSA) is 59.2 Å². The number of benzene rings is 1. The summed E-state index contributed by atoms with van der Waals surface area (Å²) in [5.41, 5.74) is 0.382. The predicted molar refractivity (Wildman–Crippen MR) is 80.7 cm³/mol. The lowest BCUT2D eigenvalue weighted by molar-refractivity contribution is -0.138. The lowest BCUT2D eigenvalue weighted by atomic mass is 9.95. The summed E-state index contributed by atoms with van der Waals surface area (Å²) in [4.78, 5) is 18.0. The Balaban J connectivity index is 2.10. The van der Waals surface area contributed by atoms with Gasteiger partial charge < -0.3 is 9.42 Å². The maximum atomic E-state index is 12.1. The van der Waals surface area contributed by atoms with Gasteiger partial charge in [0.05, 0.1) is 6.54 Å². The molecule has 2 aromatic rings. The summed E-state index contributed by atoms with van der Waals surface area (Å²) in [5, 5.41) is 4.57. The number of carbonyl (C=O) groups excluding carboxylic acids is 1. The number of hydrogen-bond acceptors (Lipinski definition) is 4. The van der Waals surface area contributed by atoms with Gasteiger partial charge >= 0.3 is 0 Å². The monoisotopic (exact) mass is 307 g/mol. The molecule has 112 valence electrons. The average molecular weight is 308 g/mol. The summed E-state index contributed by atoms with van der Waals surface area (Å²) in [7, 11) is 1.72. The molecule has 0 radical (unpaired) electrons. The van der Waals surface area contributed by atoms with E-state index in [1.807, 2.05) is 32.9 Å². The van der Waals surface area contributed by atoms with Gasteiger partial charge in [0, 0.05) is 23.0 Å². The van der Waals surface area contributed by atoms with E-state index < -0.39 is 5.41 Å². The minimum absolute atomic E-state index is 0.0220. The van der Waals surface area contributed by atoms with E-state index in [0.717, 1.165) is 5.56 Å². The second-order valence-corrected chi connectivity index (χ2v) is 6.37. The van der Waals surface area contributed by atoms with Gasteiger partial charge in [0.2, 0.25) is 17.6 Å². The molecule has 0 aliphatic rings. The molecule has 2 rings (SSSR count). The third-order valence-electron chi connectivity index (χ3n) is 2.93. The number of amides is 1. The Labute approximate surface area is 128 Å². The molecule has 0 fully saturated rings. The highest BCUT2D eigenvalue weighted by Gasteiger charge is 2.26. The van der Waals surface area contributed by atoms with Crippen molar-refractivity contribution in [3.63, 3.8) is 0 Å². The van der Waals surface area contributed by atoms with E-state index in [0.29, 0.717) is 16.7 Å². The number of carbonyl (C=O) groups is 1. The van der Waals surface area contributed by atoms with Gasteiger partial charge in [-0.1, -0.05) is 37.5 Å². The molecular formula is C15H18ClN3O2. The highest BCUT2D eigenvalue weighted by Crippen LogP contribution is 2.20. The predicted octanol–water partition coefficient (Wildman–Crippen LogP) is 3.39. The van der Waals surface area contributed by atoms with Crippen molar-refractivity contribution in [3.8, 4) is 11.4 Å². The van der Waals surface area contributed by atoms with E-state index in [9.17, 15) is 4.79 Å². The Morgan fingerprint density at radius 2 is 1.90 bits per heavy atom. The quantitative estimate of drug-likeness (QED) is 0.872. The molecule has 0 bridgehead atoms. The normalized spacial score (nSPS) is 11.5. The van der Waals surface area contributed by atoms with Crippen LogP contribution >= 0.6 is 11.6 Å². The Morgan fingerprint density at radius 1 is 1.29 bits per heavy atom. The van der Waals surface area contributed by atoms with Crippen molar-refractivity contribution in [1.82, 2.24) is 15.0 Å². The standard InChI is InChI=1S/C15H18ClN3O2/c1-15(2,3)14(20)19(4)9-12-17-13(18-21-12)10-5-7-11(16)8-6-10/h5-8H,9H2,1-4H3. The number of nitrogens with zero attached hydrogens (tertiary/aromatic N) is 3. The van der Waals surface area contributed by atoms with Crippen LogP contribution in [0.3, 0.4) is 0 Å². The van der Waals surface area contributed by atoms with E-state index >= 15 is 0 Å². The van der Waals surface area contributed by atoms with Crippen LogP contribution < -0.4 is 0 Å². The number of hydrogen-bond donors (Lipinski definition) is 0. The lowest BCUT2D eigenvalue weighted by Crippen LogP contribution is -2.36. The first-order valence-electron chi connectivity index (χ1n) is 6.61. The molecule has 0 aliphatic carbocycles. The van der Waals surface area contributed by atoms with Gasteiger partial charge in [-0.3, -0.25) is 4.79 Å². The van der Waals surface area contributed by atoms with Crippen LogP contribution in [0, 0.1) is 5.41 Å². The van der Waals surface area contributed by atoms with Crippen LogP contribution in [-0.2, 0) is 11.3 Å². The molecule has 0 aliphatic heterocycles. The first-order chi connectivity index (χ1) is 9.77. The summed E-state index contributed by atoms with van der Waals surface area (Å²) in [6.07, 6.45) is 0. The Morgan fingerprint density at radius 3 is 2.48 bits per heavy atom. The lowest BCUT2D eigenvalue weighted by Gasteiger charge is -2.24. The minimum atomic E-state index is -0.437. The van der Waals surface area contributed by atoms with Crippen LogP contribution in [0.25, 0.3) is 11.4 Å². The van der Waals surface area contributed by atoms with Crippen molar-refractivity contribution in [2.45, 2.75) is 27.3 Å². The molecule has 0 atom stereocenters. The third kappa shape index (κ3) is 3.82. The van der Waals surface area contributed by atoms with Gasteiger partial charge in [0.15, 0.2) is 0 Å². The fourth-order valence-corrected chi connectivity index (χ4v) is 2.01. The fourth-order valence-electron chi connectivity index (χ4n) is 1.88. The molecule has 0 unspecified atom stereocenters.